The molecule has 0 aliphatic heterocycles. The van der Waals surface area contributed by atoms with E-state index < -0.39 is 5.60 Å². The van der Waals surface area contributed by atoms with Gasteiger partial charge in [-0.3, -0.25) is 0 Å². The Labute approximate surface area is 136 Å². The lowest BCUT2D eigenvalue weighted by Gasteiger charge is -2.30. The Kier molecular flexibility index (Phi) is 4.94. The van der Waals surface area contributed by atoms with E-state index in [9.17, 15) is 9.90 Å². The lowest BCUT2D eigenvalue weighted by Crippen LogP contribution is -2.35. The van der Waals surface area contributed by atoms with Crippen molar-refractivity contribution < 1.29 is 9.90 Å². The molecule has 21 heavy (non-hydrogen) atoms. The van der Waals surface area contributed by atoms with Crippen molar-refractivity contribution in [2.24, 2.45) is 11.3 Å². The Hall–Kier alpha value is -0.670. The largest absolute Gasteiger partial charge is 0.389 e. The van der Waals surface area contributed by atoms with Gasteiger partial charge in [0.25, 0.3) is 0 Å². The second-order valence-electron chi connectivity index (χ2n) is 7.07. The molecule has 0 radical (unpaired) electrons. The van der Waals surface area contributed by atoms with Gasteiger partial charge in [0.1, 0.15) is 6.29 Å². The fourth-order valence-corrected chi connectivity index (χ4v) is 4.53. The Morgan fingerprint density at radius 2 is 2.14 bits per heavy atom. The number of benzene rings is 1. The lowest BCUT2D eigenvalue weighted by molar-refractivity contribution is -0.119. The molecule has 0 bridgehead atoms. The summed E-state index contributed by atoms with van der Waals surface area (Å²) < 4.78 is 1.02. The average molecular weight is 353 g/mol. The maximum absolute atomic E-state index is 11.8. The first-order chi connectivity index (χ1) is 9.84. The Morgan fingerprint density at radius 3 is 2.71 bits per heavy atom. The number of hydrogen-bond acceptors (Lipinski definition) is 2. The monoisotopic (exact) mass is 352 g/mol. The van der Waals surface area contributed by atoms with Crippen molar-refractivity contribution in [2.75, 3.05) is 0 Å². The zero-order valence-corrected chi connectivity index (χ0v) is 14.7. The van der Waals surface area contributed by atoms with Crippen LogP contribution in [0.25, 0.3) is 0 Å². The van der Waals surface area contributed by atoms with Crippen molar-refractivity contribution in [1.82, 2.24) is 0 Å². The molecule has 3 heteroatoms. The van der Waals surface area contributed by atoms with Crippen molar-refractivity contribution in [3.05, 3.63) is 34.3 Å². The fourth-order valence-electron chi connectivity index (χ4n) is 4.11. The van der Waals surface area contributed by atoms with E-state index in [1.54, 1.807) is 0 Å². The molecule has 1 aliphatic rings. The van der Waals surface area contributed by atoms with E-state index in [-0.39, 0.29) is 17.3 Å². The van der Waals surface area contributed by atoms with Gasteiger partial charge in [-0.2, -0.15) is 0 Å². The highest BCUT2D eigenvalue weighted by molar-refractivity contribution is 9.10. The van der Waals surface area contributed by atoms with Crippen LogP contribution >= 0.6 is 15.9 Å². The van der Waals surface area contributed by atoms with Crippen LogP contribution in [0.5, 0.6) is 0 Å². The van der Waals surface area contributed by atoms with Gasteiger partial charge >= 0.3 is 0 Å². The highest BCUT2D eigenvalue weighted by atomic mass is 79.9. The Bertz CT molecular complexity index is 512. The number of carbonyl (C=O) groups is 1. The number of aliphatic hydroxyl groups is 1. The summed E-state index contributed by atoms with van der Waals surface area (Å²) in [5.74, 6) is -0.261. The topological polar surface area (TPSA) is 37.3 Å². The molecule has 0 unspecified atom stereocenters. The lowest BCUT2D eigenvalue weighted by atomic mass is 9.74. The van der Waals surface area contributed by atoms with Crippen LogP contribution < -0.4 is 0 Å². The van der Waals surface area contributed by atoms with Crippen LogP contribution in [-0.4, -0.2) is 17.0 Å². The summed E-state index contributed by atoms with van der Waals surface area (Å²) in [5.41, 5.74) is 0.183. The van der Waals surface area contributed by atoms with Crippen molar-refractivity contribution >= 4 is 22.2 Å². The second kappa shape index (κ2) is 6.21. The summed E-state index contributed by atoms with van der Waals surface area (Å²) in [6.45, 7) is 6.45. The number of aldehydes is 1. The molecule has 1 saturated carbocycles. The molecule has 0 amide bonds. The molecule has 0 spiro atoms. The van der Waals surface area contributed by atoms with E-state index in [2.05, 4.69) is 48.8 Å². The third kappa shape index (κ3) is 3.24. The van der Waals surface area contributed by atoms with Crippen LogP contribution in [0, 0.1) is 11.3 Å². The van der Waals surface area contributed by atoms with Crippen LogP contribution in [0.3, 0.4) is 0 Å². The van der Waals surface area contributed by atoms with Gasteiger partial charge in [-0.05, 0) is 36.0 Å². The molecule has 1 aromatic carbocycles. The molecule has 2 nitrogen and oxygen atoms in total. The van der Waals surface area contributed by atoms with Gasteiger partial charge in [-0.1, -0.05) is 61.7 Å². The molecular formula is C18H25BrO2. The first-order valence-corrected chi connectivity index (χ1v) is 8.56. The molecule has 3 atom stereocenters. The predicted octanol–water partition coefficient (Wildman–Crippen LogP) is 4.70. The normalized spacial score (nSPS) is 31.3. The predicted molar refractivity (Wildman–Crippen MR) is 89.3 cm³/mol. The van der Waals surface area contributed by atoms with Gasteiger partial charge in [-0.25, -0.2) is 0 Å². The fraction of sp³-hybridized carbons (Fsp3) is 0.611. The number of hydrogen-bond donors (Lipinski definition) is 1. The van der Waals surface area contributed by atoms with E-state index in [0.717, 1.165) is 29.2 Å². The summed E-state index contributed by atoms with van der Waals surface area (Å²) >= 11 is 3.51. The molecular weight excluding hydrogens is 328 g/mol. The molecule has 1 aromatic rings. The van der Waals surface area contributed by atoms with E-state index in [0.29, 0.717) is 12.8 Å². The molecule has 1 aliphatic carbocycles. The first-order valence-electron chi connectivity index (χ1n) is 7.77. The highest BCUT2D eigenvalue weighted by Crippen LogP contribution is 2.57. The summed E-state index contributed by atoms with van der Waals surface area (Å²) in [6.07, 6.45) is 4.37. The van der Waals surface area contributed by atoms with E-state index in [4.69, 9.17) is 0 Å². The zero-order chi connectivity index (χ0) is 15.7. The van der Waals surface area contributed by atoms with E-state index in [1.807, 2.05) is 12.1 Å². The molecule has 2 rings (SSSR count). The Balaban J connectivity index is 2.41. The minimum Gasteiger partial charge on any atom is -0.389 e. The van der Waals surface area contributed by atoms with Crippen molar-refractivity contribution in [2.45, 2.75) is 58.0 Å². The molecule has 1 N–H and O–H groups in total. The maximum Gasteiger partial charge on any atom is 0.126 e. The van der Waals surface area contributed by atoms with Crippen molar-refractivity contribution in [3.8, 4) is 0 Å². The van der Waals surface area contributed by atoms with Gasteiger partial charge in [0.15, 0.2) is 0 Å². The van der Waals surface area contributed by atoms with Gasteiger partial charge < -0.3 is 9.90 Å². The third-order valence-corrected chi connectivity index (χ3v) is 5.39. The summed E-state index contributed by atoms with van der Waals surface area (Å²) in [6, 6.07) is 8.14. The minimum atomic E-state index is -0.867. The standard InChI is InChI=1S/C18H25BrO2/c1-4-5-9-18(21)12-17(2,3)16(15(18)11-20)13-7-6-8-14(19)10-13/h6-8,10-11,15-16,21H,4-5,9,12H2,1-3H3/t15-,16-,18+/m1/s1. The molecule has 0 aromatic heterocycles. The van der Waals surface area contributed by atoms with Gasteiger partial charge in [0.05, 0.1) is 11.5 Å². The number of unbranched alkanes of at least 4 members (excludes halogenated alkanes) is 1. The van der Waals surface area contributed by atoms with Crippen molar-refractivity contribution in [3.63, 3.8) is 0 Å². The molecule has 0 heterocycles. The SMILES string of the molecule is CCCC[C@]1(O)CC(C)(C)[C@H](c2cccc(Br)c2)[C@H]1C=O. The first kappa shape index (κ1) is 16.7. The third-order valence-electron chi connectivity index (χ3n) is 4.90. The summed E-state index contributed by atoms with van der Waals surface area (Å²) in [5, 5.41) is 11.1. The van der Waals surface area contributed by atoms with Crippen LogP contribution in [-0.2, 0) is 4.79 Å². The smallest absolute Gasteiger partial charge is 0.126 e. The Morgan fingerprint density at radius 1 is 1.43 bits per heavy atom. The van der Waals surface area contributed by atoms with Crippen molar-refractivity contribution in [1.29, 1.82) is 0 Å². The quantitative estimate of drug-likeness (QED) is 0.779. The van der Waals surface area contributed by atoms with Gasteiger partial charge in [0, 0.05) is 10.4 Å². The van der Waals surface area contributed by atoms with Crippen LogP contribution in [0.15, 0.2) is 28.7 Å². The number of carbonyl (C=O) groups excluding carboxylic acids is 1. The highest BCUT2D eigenvalue weighted by Gasteiger charge is 2.56. The van der Waals surface area contributed by atoms with Gasteiger partial charge in [0.2, 0.25) is 0 Å². The van der Waals surface area contributed by atoms with E-state index in [1.165, 1.54) is 0 Å². The zero-order valence-electron chi connectivity index (χ0n) is 13.1. The molecule has 1 fully saturated rings. The average Bonchev–Trinajstić information content (AvgIpc) is 2.62. The van der Waals surface area contributed by atoms with Crippen LogP contribution in [0.4, 0.5) is 0 Å². The maximum atomic E-state index is 11.8. The minimum absolute atomic E-state index is 0.0642. The molecule has 0 saturated heterocycles. The van der Waals surface area contributed by atoms with Crippen LogP contribution in [0.2, 0.25) is 0 Å². The number of halogens is 1. The van der Waals surface area contributed by atoms with Crippen LogP contribution in [0.1, 0.15) is 57.9 Å². The number of rotatable bonds is 5. The second-order valence-corrected chi connectivity index (χ2v) is 7.98. The summed E-state index contributed by atoms with van der Waals surface area (Å²) in [4.78, 5) is 11.8. The summed E-state index contributed by atoms with van der Waals surface area (Å²) in [7, 11) is 0. The van der Waals surface area contributed by atoms with Gasteiger partial charge in [-0.15, -0.1) is 0 Å². The van der Waals surface area contributed by atoms with E-state index >= 15 is 0 Å². The molecule has 116 valence electrons.